The van der Waals surface area contributed by atoms with Crippen LogP contribution in [0.2, 0.25) is 5.02 Å². The highest BCUT2D eigenvalue weighted by Gasteiger charge is 2.17. The molecule has 0 radical (unpaired) electrons. The first kappa shape index (κ1) is 14.1. The van der Waals surface area contributed by atoms with Gasteiger partial charge in [0.2, 0.25) is 0 Å². The number of aryl methyl sites for hydroxylation is 1. The minimum absolute atomic E-state index is 0.0257. The Hall–Kier alpha value is -2.34. The number of aromatic nitrogens is 2. The number of nitrogens with zero attached hydrogens (tertiary/aromatic N) is 2. The highest BCUT2D eigenvalue weighted by atomic mass is 35.5. The Balaban J connectivity index is 2.37. The first-order valence-electron chi connectivity index (χ1n) is 5.76. The number of hydrogen-bond acceptors (Lipinski definition) is 3. The fourth-order valence-electron chi connectivity index (χ4n) is 1.72. The molecule has 0 bridgehead atoms. The zero-order chi connectivity index (χ0) is 14.7. The van der Waals surface area contributed by atoms with Gasteiger partial charge in [0.1, 0.15) is 11.3 Å². The van der Waals surface area contributed by atoms with Crippen molar-refractivity contribution in [3.05, 3.63) is 41.0 Å². The molecule has 1 aromatic carbocycles. The molecule has 1 aromatic heterocycles. The molecule has 0 aliphatic heterocycles. The van der Waals surface area contributed by atoms with Gasteiger partial charge in [0, 0.05) is 16.8 Å². The number of rotatable bonds is 5. The van der Waals surface area contributed by atoms with Gasteiger partial charge in [0.15, 0.2) is 0 Å². The van der Waals surface area contributed by atoms with E-state index in [1.54, 1.807) is 24.3 Å². The molecule has 0 saturated heterocycles. The molecule has 7 heteroatoms. The van der Waals surface area contributed by atoms with Gasteiger partial charge < -0.3 is 10.2 Å². The molecule has 0 saturated carbocycles. The molecule has 104 valence electrons. The summed E-state index contributed by atoms with van der Waals surface area (Å²) in [4.78, 5) is 21.8. The monoisotopic (exact) mass is 294 g/mol. The Morgan fingerprint density at radius 1 is 1.20 bits per heavy atom. The molecule has 2 aromatic rings. The maximum Gasteiger partial charge on any atom is 0.339 e. The van der Waals surface area contributed by atoms with Crippen LogP contribution in [0.15, 0.2) is 30.5 Å². The number of carboxylic acids is 2. The average molecular weight is 295 g/mol. The van der Waals surface area contributed by atoms with Crippen LogP contribution >= 0.6 is 11.6 Å². The first-order chi connectivity index (χ1) is 9.47. The van der Waals surface area contributed by atoms with Crippen LogP contribution in [0.4, 0.5) is 0 Å². The maximum absolute atomic E-state index is 11.2. The van der Waals surface area contributed by atoms with Crippen LogP contribution in [0.25, 0.3) is 11.3 Å². The molecule has 0 aliphatic rings. The second kappa shape index (κ2) is 5.75. The smallest absolute Gasteiger partial charge is 0.339 e. The van der Waals surface area contributed by atoms with Crippen molar-refractivity contribution in [1.82, 2.24) is 9.78 Å². The molecule has 20 heavy (non-hydrogen) atoms. The van der Waals surface area contributed by atoms with Gasteiger partial charge in [-0.3, -0.25) is 9.48 Å². The van der Waals surface area contributed by atoms with Gasteiger partial charge in [-0.25, -0.2) is 4.79 Å². The molecule has 0 fully saturated rings. The van der Waals surface area contributed by atoms with Crippen molar-refractivity contribution in [2.24, 2.45) is 0 Å². The van der Waals surface area contributed by atoms with E-state index in [2.05, 4.69) is 5.10 Å². The number of carbonyl (C=O) groups is 2. The minimum atomic E-state index is -1.11. The second-order valence-corrected chi connectivity index (χ2v) is 4.55. The SMILES string of the molecule is O=C(O)CCn1cc(C(=O)O)c(-c2ccc(Cl)cc2)n1. The molecule has 1 heterocycles. The summed E-state index contributed by atoms with van der Waals surface area (Å²) in [6.45, 7) is 0.114. The second-order valence-electron chi connectivity index (χ2n) is 4.11. The predicted molar refractivity (Wildman–Crippen MR) is 71.9 cm³/mol. The summed E-state index contributed by atoms with van der Waals surface area (Å²) in [6.07, 6.45) is 1.20. The molecule has 6 nitrogen and oxygen atoms in total. The van der Waals surface area contributed by atoms with E-state index in [0.717, 1.165) is 0 Å². The highest BCUT2D eigenvalue weighted by molar-refractivity contribution is 6.30. The third-order valence-corrected chi connectivity index (χ3v) is 2.92. The Bertz CT molecular complexity index is 649. The molecular formula is C13H11ClN2O4. The van der Waals surface area contributed by atoms with Gasteiger partial charge >= 0.3 is 11.9 Å². The van der Waals surface area contributed by atoms with Crippen LogP contribution in [-0.2, 0) is 11.3 Å². The Morgan fingerprint density at radius 2 is 1.85 bits per heavy atom. The van der Waals surface area contributed by atoms with Crippen LogP contribution in [-0.4, -0.2) is 31.9 Å². The number of hydrogen-bond donors (Lipinski definition) is 2. The summed E-state index contributed by atoms with van der Waals surface area (Å²) in [5.74, 6) is -2.08. The van der Waals surface area contributed by atoms with E-state index in [9.17, 15) is 14.7 Å². The van der Waals surface area contributed by atoms with Crippen molar-refractivity contribution in [2.75, 3.05) is 0 Å². The molecule has 0 unspecified atom stereocenters. The van der Waals surface area contributed by atoms with E-state index in [4.69, 9.17) is 16.7 Å². The lowest BCUT2D eigenvalue weighted by atomic mass is 10.1. The Labute approximate surface area is 119 Å². The van der Waals surface area contributed by atoms with Crippen molar-refractivity contribution < 1.29 is 19.8 Å². The molecule has 0 atom stereocenters. The number of benzene rings is 1. The maximum atomic E-state index is 11.2. The van der Waals surface area contributed by atoms with Gasteiger partial charge in [-0.05, 0) is 12.1 Å². The molecule has 2 rings (SSSR count). The topological polar surface area (TPSA) is 92.4 Å². The molecule has 2 N–H and O–H groups in total. The van der Waals surface area contributed by atoms with Crippen molar-refractivity contribution in [2.45, 2.75) is 13.0 Å². The molecule has 0 spiro atoms. The summed E-state index contributed by atoms with van der Waals surface area (Å²) >= 11 is 5.78. The lowest BCUT2D eigenvalue weighted by molar-refractivity contribution is -0.137. The van der Waals surface area contributed by atoms with E-state index in [0.29, 0.717) is 16.3 Å². The van der Waals surface area contributed by atoms with Gasteiger partial charge in [-0.1, -0.05) is 23.7 Å². The zero-order valence-corrected chi connectivity index (χ0v) is 11.0. The standard InChI is InChI=1S/C13H11ClN2O4/c14-9-3-1-8(2-4-9)12-10(13(19)20)7-16(15-12)6-5-11(17)18/h1-4,7H,5-6H2,(H,17,18)(H,19,20). The van der Waals surface area contributed by atoms with Crippen LogP contribution in [0.1, 0.15) is 16.8 Å². The summed E-state index contributed by atoms with van der Waals surface area (Å²) in [7, 11) is 0. The van der Waals surface area contributed by atoms with E-state index in [1.165, 1.54) is 10.9 Å². The molecule has 0 amide bonds. The average Bonchev–Trinajstić information content (AvgIpc) is 2.81. The lowest BCUT2D eigenvalue weighted by Gasteiger charge is -1.99. The van der Waals surface area contributed by atoms with Gasteiger partial charge in [-0.2, -0.15) is 5.10 Å². The van der Waals surface area contributed by atoms with Gasteiger partial charge in [0.25, 0.3) is 0 Å². The van der Waals surface area contributed by atoms with Crippen molar-refractivity contribution in [3.8, 4) is 11.3 Å². The van der Waals surface area contributed by atoms with Crippen LogP contribution < -0.4 is 0 Å². The van der Waals surface area contributed by atoms with Gasteiger partial charge in [-0.15, -0.1) is 0 Å². The van der Waals surface area contributed by atoms with Crippen LogP contribution in [0, 0.1) is 0 Å². The van der Waals surface area contributed by atoms with Gasteiger partial charge in [0.05, 0.1) is 13.0 Å². The Morgan fingerprint density at radius 3 is 2.40 bits per heavy atom. The third-order valence-electron chi connectivity index (χ3n) is 2.66. The largest absolute Gasteiger partial charge is 0.481 e. The van der Waals surface area contributed by atoms with Crippen molar-refractivity contribution in [1.29, 1.82) is 0 Å². The summed E-state index contributed by atoms with van der Waals surface area (Å²) < 4.78 is 1.32. The van der Waals surface area contributed by atoms with Crippen molar-refractivity contribution in [3.63, 3.8) is 0 Å². The predicted octanol–water partition coefficient (Wildman–Crippen LogP) is 2.38. The minimum Gasteiger partial charge on any atom is -0.481 e. The van der Waals surface area contributed by atoms with E-state index in [1.807, 2.05) is 0 Å². The van der Waals surface area contributed by atoms with Crippen LogP contribution in [0.5, 0.6) is 0 Å². The summed E-state index contributed by atoms with van der Waals surface area (Å²) in [5, 5.41) is 22.5. The van der Waals surface area contributed by atoms with Crippen molar-refractivity contribution >= 4 is 23.5 Å². The highest BCUT2D eigenvalue weighted by Crippen LogP contribution is 2.24. The Kier molecular flexibility index (Phi) is 4.05. The summed E-state index contributed by atoms with van der Waals surface area (Å²) in [5.41, 5.74) is 0.929. The number of aromatic carboxylic acids is 1. The number of aliphatic carboxylic acids is 1. The van der Waals surface area contributed by atoms with E-state index >= 15 is 0 Å². The van der Waals surface area contributed by atoms with Crippen LogP contribution in [0.3, 0.4) is 0 Å². The molecular weight excluding hydrogens is 284 g/mol. The number of halogens is 1. The fraction of sp³-hybridized carbons (Fsp3) is 0.154. The third kappa shape index (κ3) is 3.16. The summed E-state index contributed by atoms with van der Waals surface area (Å²) in [6, 6.07) is 6.61. The van der Waals surface area contributed by atoms with E-state index < -0.39 is 11.9 Å². The first-order valence-corrected chi connectivity index (χ1v) is 6.13. The normalized spacial score (nSPS) is 10.4. The lowest BCUT2D eigenvalue weighted by Crippen LogP contribution is -2.05. The van der Waals surface area contributed by atoms with E-state index in [-0.39, 0.29) is 18.5 Å². The zero-order valence-electron chi connectivity index (χ0n) is 10.3. The number of carboxylic acid groups (broad SMARTS) is 2. The quantitative estimate of drug-likeness (QED) is 0.883. The fourth-order valence-corrected chi connectivity index (χ4v) is 1.85. The molecule has 0 aliphatic carbocycles.